The minimum Gasteiger partial charge on any atom is -0.310 e. The number of alkyl halides is 1. The number of benzene rings is 1. The summed E-state index contributed by atoms with van der Waals surface area (Å²) in [6, 6.07) is 8.90. The third-order valence-corrected chi connectivity index (χ3v) is 3.15. The maximum Gasteiger partial charge on any atom is 0.0238 e. The van der Waals surface area contributed by atoms with E-state index < -0.39 is 0 Å². The molecule has 1 unspecified atom stereocenters. The predicted molar refractivity (Wildman–Crippen MR) is 70.4 cm³/mol. The van der Waals surface area contributed by atoms with Crippen LogP contribution in [0.1, 0.15) is 25.3 Å². The van der Waals surface area contributed by atoms with Crippen molar-refractivity contribution in [3.8, 4) is 0 Å². The van der Waals surface area contributed by atoms with E-state index in [2.05, 4.69) is 46.4 Å². The molecule has 1 atom stereocenters. The standard InChI is InChI=1S/C12H17BrClN/c1-2-12(6-7-14)15-9-10-4-3-5-11(13)8-10/h3-5,8,12,15H,2,6-7,9H2,1H3. The molecule has 84 valence electrons. The molecule has 1 rings (SSSR count). The number of hydrogen-bond acceptors (Lipinski definition) is 1. The van der Waals surface area contributed by atoms with Gasteiger partial charge in [0.2, 0.25) is 0 Å². The molecule has 0 aliphatic rings. The fourth-order valence-electron chi connectivity index (χ4n) is 1.49. The van der Waals surface area contributed by atoms with E-state index in [1.807, 2.05) is 6.07 Å². The molecular formula is C12H17BrClN. The van der Waals surface area contributed by atoms with Crippen molar-refractivity contribution in [3.63, 3.8) is 0 Å². The molecule has 15 heavy (non-hydrogen) atoms. The number of hydrogen-bond donors (Lipinski definition) is 1. The Morgan fingerprint density at radius 1 is 1.47 bits per heavy atom. The van der Waals surface area contributed by atoms with Crippen LogP contribution in [-0.4, -0.2) is 11.9 Å². The van der Waals surface area contributed by atoms with Crippen LogP contribution in [0.5, 0.6) is 0 Å². The molecule has 0 spiro atoms. The first-order valence-electron chi connectivity index (χ1n) is 5.30. The monoisotopic (exact) mass is 289 g/mol. The lowest BCUT2D eigenvalue weighted by molar-refractivity contribution is 0.486. The summed E-state index contributed by atoms with van der Waals surface area (Å²) in [5, 5.41) is 3.51. The van der Waals surface area contributed by atoms with Gasteiger partial charge in [0.05, 0.1) is 0 Å². The van der Waals surface area contributed by atoms with Gasteiger partial charge in [0, 0.05) is 22.9 Å². The second-order valence-electron chi connectivity index (χ2n) is 3.59. The van der Waals surface area contributed by atoms with Crippen molar-refractivity contribution in [2.75, 3.05) is 5.88 Å². The smallest absolute Gasteiger partial charge is 0.0238 e. The van der Waals surface area contributed by atoms with Gasteiger partial charge in [0.25, 0.3) is 0 Å². The van der Waals surface area contributed by atoms with E-state index in [-0.39, 0.29) is 0 Å². The molecule has 1 nitrogen and oxygen atoms in total. The van der Waals surface area contributed by atoms with E-state index in [1.54, 1.807) is 0 Å². The molecule has 0 fully saturated rings. The molecule has 0 aliphatic carbocycles. The summed E-state index contributed by atoms with van der Waals surface area (Å²) in [5.41, 5.74) is 1.30. The van der Waals surface area contributed by atoms with Gasteiger partial charge in [0.1, 0.15) is 0 Å². The maximum absolute atomic E-state index is 5.73. The highest BCUT2D eigenvalue weighted by atomic mass is 79.9. The fourth-order valence-corrected chi connectivity index (χ4v) is 2.20. The van der Waals surface area contributed by atoms with Gasteiger partial charge < -0.3 is 5.32 Å². The highest BCUT2D eigenvalue weighted by Crippen LogP contribution is 2.12. The molecule has 0 radical (unpaired) electrons. The van der Waals surface area contributed by atoms with Crippen LogP contribution in [0, 0.1) is 0 Å². The van der Waals surface area contributed by atoms with E-state index >= 15 is 0 Å². The summed E-state index contributed by atoms with van der Waals surface area (Å²) in [4.78, 5) is 0. The van der Waals surface area contributed by atoms with Crippen molar-refractivity contribution >= 4 is 27.5 Å². The molecule has 0 saturated heterocycles. The second kappa shape index (κ2) is 7.26. The largest absolute Gasteiger partial charge is 0.310 e. The van der Waals surface area contributed by atoms with Gasteiger partial charge in [0.15, 0.2) is 0 Å². The van der Waals surface area contributed by atoms with E-state index in [0.29, 0.717) is 6.04 Å². The summed E-state index contributed by atoms with van der Waals surface area (Å²) in [6.45, 7) is 3.10. The van der Waals surface area contributed by atoms with Crippen molar-refractivity contribution in [1.29, 1.82) is 0 Å². The second-order valence-corrected chi connectivity index (χ2v) is 4.89. The molecule has 0 bridgehead atoms. The van der Waals surface area contributed by atoms with Crippen molar-refractivity contribution in [2.45, 2.75) is 32.4 Å². The molecule has 0 aliphatic heterocycles. The van der Waals surface area contributed by atoms with Gasteiger partial charge in [-0.3, -0.25) is 0 Å². The lowest BCUT2D eigenvalue weighted by Crippen LogP contribution is -2.28. The van der Waals surface area contributed by atoms with Crippen LogP contribution < -0.4 is 5.32 Å². The third kappa shape index (κ3) is 5.01. The van der Waals surface area contributed by atoms with Crippen LogP contribution >= 0.6 is 27.5 Å². The zero-order valence-electron chi connectivity index (χ0n) is 8.97. The summed E-state index contributed by atoms with van der Waals surface area (Å²) in [7, 11) is 0. The van der Waals surface area contributed by atoms with Gasteiger partial charge in [-0.15, -0.1) is 11.6 Å². The Kier molecular flexibility index (Phi) is 6.30. The zero-order valence-corrected chi connectivity index (χ0v) is 11.3. The number of halogens is 2. The molecule has 0 aromatic heterocycles. The van der Waals surface area contributed by atoms with Gasteiger partial charge in [-0.2, -0.15) is 0 Å². The van der Waals surface area contributed by atoms with Crippen LogP contribution in [0.15, 0.2) is 28.7 Å². The molecule has 1 aromatic rings. The van der Waals surface area contributed by atoms with Gasteiger partial charge in [-0.1, -0.05) is 35.0 Å². The molecule has 0 heterocycles. The fraction of sp³-hybridized carbons (Fsp3) is 0.500. The minimum atomic E-state index is 0.529. The Labute approximate surface area is 105 Å². The summed E-state index contributed by atoms with van der Waals surface area (Å²) < 4.78 is 1.13. The van der Waals surface area contributed by atoms with Gasteiger partial charge >= 0.3 is 0 Å². The number of nitrogens with one attached hydrogen (secondary N) is 1. The Morgan fingerprint density at radius 3 is 2.87 bits per heavy atom. The van der Waals surface area contributed by atoms with Crippen LogP contribution in [0.4, 0.5) is 0 Å². The summed E-state index contributed by atoms with van der Waals surface area (Å²) in [5.74, 6) is 0.726. The molecule has 3 heteroatoms. The Morgan fingerprint density at radius 2 is 2.27 bits per heavy atom. The van der Waals surface area contributed by atoms with Crippen LogP contribution in [0.2, 0.25) is 0 Å². The van der Waals surface area contributed by atoms with E-state index in [4.69, 9.17) is 11.6 Å². The van der Waals surface area contributed by atoms with E-state index in [1.165, 1.54) is 5.56 Å². The molecule has 1 aromatic carbocycles. The number of rotatable bonds is 6. The summed E-state index contributed by atoms with van der Waals surface area (Å²) in [6.07, 6.45) is 2.16. The SMILES string of the molecule is CCC(CCCl)NCc1cccc(Br)c1. The average molecular weight is 291 g/mol. The minimum absolute atomic E-state index is 0.529. The first kappa shape index (κ1) is 13.0. The van der Waals surface area contributed by atoms with E-state index in [0.717, 1.165) is 29.7 Å². The quantitative estimate of drug-likeness (QED) is 0.782. The van der Waals surface area contributed by atoms with Crippen LogP contribution in [-0.2, 0) is 6.54 Å². The van der Waals surface area contributed by atoms with Crippen molar-refractivity contribution < 1.29 is 0 Å². The van der Waals surface area contributed by atoms with Crippen LogP contribution in [0.3, 0.4) is 0 Å². The first-order valence-corrected chi connectivity index (χ1v) is 6.62. The van der Waals surface area contributed by atoms with Crippen LogP contribution in [0.25, 0.3) is 0 Å². The molecular weight excluding hydrogens is 273 g/mol. The average Bonchev–Trinajstić information content (AvgIpc) is 2.24. The lowest BCUT2D eigenvalue weighted by Gasteiger charge is -2.15. The predicted octanol–water partition coefficient (Wildman–Crippen LogP) is 3.95. The van der Waals surface area contributed by atoms with E-state index in [9.17, 15) is 0 Å². The van der Waals surface area contributed by atoms with Gasteiger partial charge in [-0.05, 0) is 30.5 Å². The summed E-state index contributed by atoms with van der Waals surface area (Å²) >= 11 is 9.20. The third-order valence-electron chi connectivity index (χ3n) is 2.43. The Hall–Kier alpha value is -0.0500. The van der Waals surface area contributed by atoms with Crippen molar-refractivity contribution in [1.82, 2.24) is 5.32 Å². The normalized spacial score (nSPS) is 12.7. The van der Waals surface area contributed by atoms with Crippen molar-refractivity contribution in [2.24, 2.45) is 0 Å². The van der Waals surface area contributed by atoms with Gasteiger partial charge in [-0.25, -0.2) is 0 Å². The Balaban J connectivity index is 2.41. The topological polar surface area (TPSA) is 12.0 Å². The lowest BCUT2D eigenvalue weighted by atomic mass is 10.1. The highest BCUT2D eigenvalue weighted by molar-refractivity contribution is 9.10. The first-order chi connectivity index (χ1) is 7.26. The zero-order chi connectivity index (χ0) is 11.1. The highest BCUT2D eigenvalue weighted by Gasteiger charge is 2.04. The Bertz CT molecular complexity index is 291. The molecule has 0 amide bonds. The van der Waals surface area contributed by atoms with Crippen molar-refractivity contribution in [3.05, 3.63) is 34.3 Å². The molecule has 0 saturated carbocycles. The molecule has 1 N–H and O–H groups in total. The maximum atomic E-state index is 5.73.